The van der Waals surface area contributed by atoms with Crippen LogP contribution in [0.25, 0.3) is 0 Å². The SMILES string of the molecule is O=C(CC1CCC1)NCCOCCCl. The van der Waals surface area contributed by atoms with Crippen molar-refractivity contribution >= 4 is 17.5 Å². The minimum atomic E-state index is 0.157. The largest absolute Gasteiger partial charge is 0.378 e. The van der Waals surface area contributed by atoms with Gasteiger partial charge in [0.2, 0.25) is 5.91 Å². The van der Waals surface area contributed by atoms with Gasteiger partial charge >= 0.3 is 0 Å². The molecule has 3 nitrogen and oxygen atoms in total. The lowest BCUT2D eigenvalue weighted by molar-refractivity contribution is -0.122. The zero-order chi connectivity index (χ0) is 10.2. The summed E-state index contributed by atoms with van der Waals surface area (Å²) in [5, 5.41) is 2.83. The highest BCUT2D eigenvalue weighted by Crippen LogP contribution is 2.28. The number of amides is 1. The van der Waals surface area contributed by atoms with E-state index in [-0.39, 0.29) is 5.91 Å². The van der Waals surface area contributed by atoms with Gasteiger partial charge in [-0.25, -0.2) is 0 Å². The van der Waals surface area contributed by atoms with Crippen LogP contribution in [0.4, 0.5) is 0 Å². The normalized spacial score (nSPS) is 16.4. The van der Waals surface area contributed by atoms with Crippen molar-refractivity contribution in [2.45, 2.75) is 25.7 Å². The molecular weight excluding hydrogens is 202 g/mol. The number of halogens is 1. The van der Waals surface area contributed by atoms with Crippen molar-refractivity contribution in [3.63, 3.8) is 0 Å². The lowest BCUT2D eigenvalue weighted by Crippen LogP contribution is -2.30. The number of hydrogen-bond acceptors (Lipinski definition) is 2. The molecule has 4 heteroatoms. The highest BCUT2D eigenvalue weighted by molar-refractivity contribution is 6.17. The second-order valence-corrected chi connectivity index (χ2v) is 4.03. The van der Waals surface area contributed by atoms with E-state index in [0.717, 1.165) is 0 Å². The van der Waals surface area contributed by atoms with Gasteiger partial charge in [-0.05, 0) is 18.8 Å². The molecule has 14 heavy (non-hydrogen) atoms. The molecule has 1 saturated carbocycles. The van der Waals surface area contributed by atoms with Crippen LogP contribution in [0.5, 0.6) is 0 Å². The summed E-state index contributed by atoms with van der Waals surface area (Å²) in [6.45, 7) is 1.71. The molecule has 1 aliphatic rings. The van der Waals surface area contributed by atoms with E-state index in [2.05, 4.69) is 5.32 Å². The number of ether oxygens (including phenoxy) is 1. The molecule has 1 rings (SSSR count). The van der Waals surface area contributed by atoms with Gasteiger partial charge in [-0.15, -0.1) is 11.6 Å². The Balaban J connectivity index is 1.87. The fourth-order valence-corrected chi connectivity index (χ4v) is 1.56. The highest BCUT2D eigenvalue weighted by Gasteiger charge is 2.20. The molecule has 1 fully saturated rings. The lowest BCUT2D eigenvalue weighted by Gasteiger charge is -2.24. The van der Waals surface area contributed by atoms with Crippen LogP contribution in [0.15, 0.2) is 0 Å². The predicted molar refractivity (Wildman–Crippen MR) is 56.5 cm³/mol. The van der Waals surface area contributed by atoms with Crippen molar-refractivity contribution in [2.75, 3.05) is 25.6 Å². The van der Waals surface area contributed by atoms with Crippen LogP contribution in [-0.4, -0.2) is 31.5 Å². The molecule has 0 aromatic heterocycles. The first-order chi connectivity index (χ1) is 6.83. The number of carbonyl (C=O) groups is 1. The molecule has 0 bridgehead atoms. The molecule has 0 saturated heterocycles. The Kier molecular flexibility index (Phi) is 5.96. The van der Waals surface area contributed by atoms with Crippen LogP contribution in [0.1, 0.15) is 25.7 Å². The summed E-state index contributed by atoms with van der Waals surface area (Å²) in [5.41, 5.74) is 0. The van der Waals surface area contributed by atoms with E-state index in [4.69, 9.17) is 16.3 Å². The Morgan fingerprint density at radius 3 is 2.79 bits per heavy atom. The number of carbonyl (C=O) groups excluding carboxylic acids is 1. The van der Waals surface area contributed by atoms with Gasteiger partial charge in [0.1, 0.15) is 0 Å². The van der Waals surface area contributed by atoms with Crippen molar-refractivity contribution in [2.24, 2.45) is 5.92 Å². The Morgan fingerprint density at radius 2 is 2.21 bits per heavy atom. The second kappa shape index (κ2) is 7.07. The molecule has 1 N–H and O–H groups in total. The average molecular weight is 220 g/mol. The molecule has 0 heterocycles. The third-order valence-corrected chi connectivity index (χ3v) is 2.64. The first kappa shape index (κ1) is 11.8. The van der Waals surface area contributed by atoms with Crippen molar-refractivity contribution in [1.29, 1.82) is 0 Å². The van der Waals surface area contributed by atoms with Gasteiger partial charge in [-0.2, -0.15) is 0 Å². The smallest absolute Gasteiger partial charge is 0.220 e. The number of hydrogen-bond donors (Lipinski definition) is 1. The summed E-state index contributed by atoms with van der Waals surface area (Å²) in [7, 11) is 0. The Bertz CT molecular complexity index is 172. The zero-order valence-electron chi connectivity index (χ0n) is 8.43. The van der Waals surface area contributed by atoms with Gasteiger partial charge in [-0.3, -0.25) is 4.79 Å². The summed E-state index contributed by atoms with van der Waals surface area (Å²) >= 11 is 5.43. The number of rotatable bonds is 7. The standard InChI is InChI=1S/C10H18ClNO2/c11-4-6-14-7-5-12-10(13)8-9-2-1-3-9/h9H,1-8H2,(H,12,13). The Morgan fingerprint density at radius 1 is 1.43 bits per heavy atom. The van der Waals surface area contributed by atoms with Gasteiger partial charge in [0, 0.05) is 18.8 Å². The molecule has 1 aliphatic carbocycles. The van der Waals surface area contributed by atoms with E-state index >= 15 is 0 Å². The van der Waals surface area contributed by atoms with Crippen LogP contribution < -0.4 is 5.32 Å². The molecule has 1 amide bonds. The topological polar surface area (TPSA) is 38.3 Å². The molecule has 0 spiro atoms. The van der Waals surface area contributed by atoms with Crippen LogP contribution >= 0.6 is 11.6 Å². The number of nitrogens with one attached hydrogen (secondary N) is 1. The average Bonchev–Trinajstić information content (AvgIpc) is 2.11. The lowest BCUT2D eigenvalue weighted by atomic mass is 9.83. The first-order valence-corrected chi connectivity index (χ1v) is 5.77. The van der Waals surface area contributed by atoms with Crippen LogP contribution in [0.2, 0.25) is 0 Å². The first-order valence-electron chi connectivity index (χ1n) is 5.23. The van der Waals surface area contributed by atoms with Gasteiger partial charge in [-0.1, -0.05) is 6.42 Å². The van der Waals surface area contributed by atoms with E-state index in [9.17, 15) is 4.79 Å². The molecule has 0 aromatic carbocycles. The van der Waals surface area contributed by atoms with Gasteiger partial charge in [0.15, 0.2) is 0 Å². The monoisotopic (exact) mass is 219 g/mol. The summed E-state index contributed by atoms with van der Waals surface area (Å²) < 4.78 is 5.13. The second-order valence-electron chi connectivity index (χ2n) is 3.65. The van der Waals surface area contributed by atoms with Gasteiger partial charge in [0.25, 0.3) is 0 Å². The van der Waals surface area contributed by atoms with Crippen molar-refractivity contribution in [3.05, 3.63) is 0 Å². The van der Waals surface area contributed by atoms with Crippen LogP contribution in [0, 0.1) is 5.92 Å². The van der Waals surface area contributed by atoms with Gasteiger partial charge < -0.3 is 10.1 Å². The zero-order valence-corrected chi connectivity index (χ0v) is 9.18. The Hall–Kier alpha value is -0.280. The molecule has 0 unspecified atom stereocenters. The number of alkyl halides is 1. The maximum absolute atomic E-state index is 11.3. The molecular formula is C10H18ClNO2. The molecule has 0 aromatic rings. The summed E-state index contributed by atoms with van der Waals surface area (Å²) in [5.74, 6) is 1.30. The quantitative estimate of drug-likeness (QED) is 0.521. The van der Waals surface area contributed by atoms with Crippen molar-refractivity contribution < 1.29 is 9.53 Å². The predicted octanol–water partition coefficient (Wildman–Crippen LogP) is 1.55. The van der Waals surface area contributed by atoms with E-state index in [1.807, 2.05) is 0 Å². The summed E-state index contributed by atoms with van der Waals surface area (Å²) in [4.78, 5) is 11.3. The minimum Gasteiger partial charge on any atom is -0.378 e. The maximum Gasteiger partial charge on any atom is 0.220 e. The van der Waals surface area contributed by atoms with E-state index in [1.54, 1.807) is 0 Å². The molecule has 0 radical (unpaired) electrons. The van der Waals surface area contributed by atoms with Crippen LogP contribution in [-0.2, 0) is 9.53 Å². The van der Waals surface area contributed by atoms with Gasteiger partial charge in [0.05, 0.1) is 13.2 Å². The summed E-state index contributed by atoms with van der Waals surface area (Å²) in [6, 6.07) is 0. The highest BCUT2D eigenvalue weighted by atomic mass is 35.5. The minimum absolute atomic E-state index is 0.157. The molecule has 82 valence electrons. The van der Waals surface area contributed by atoms with Crippen molar-refractivity contribution in [1.82, 2.24) is 5.32 Å². The van der Waals surface area contributed by atoms with Crippen LogP contribution in [0.3, 0.4) is 0 Å². The third kappa shape index (κ3) is 4.82. The fourth-order valence-electron chi connectivity index (χ4n) is 1.45. The molecule has 0 aliphatic heterocycles. The maximum atomic E-state index is 11.3. The fraction of sp³-hybridized carbons (Fsp3) is 0.900. The Labute approximate surface area is 90.1 Å². The van der Waals surface area contributed by atoms with E-state index in [1.165, 1.54) is 19.3 Å². The van der Waals surface area contributed by atoms with Crippen molar-refractivity contribution in [3.8, 4) is 0 Å². The summed E-state index contributed by atoms with van der Waals surface area (Å²) in [6.07, 6.45) is 4.42. The van der Waals surface area contributed by atoms with E-state index in [0.29, 0.717) is 38.0 Å². The molecule has 0 atom stereocenters. The van der Waals surface area contributed by atoms with E-state index < -0.39 is 0 Å². The third-order valence-electron chi connectivity index (χ3n) is 2.49.